The summed E-state index contributed by atoms with van der Waals surface area (Å²) in [7, 11) is 0. The summed E-state index contributed by atoms with van der Waals surface area (Å²) in [5, 5.41) is 3.18. The molecule has 0 bridgehead atoms. The van der Waals surface area contributed by atoms with E-state index in [2.05, 4.69) is 42.6 Å². The second-order valence-corrected chi connectivity index (χ2v) is 6.86. The predicted molar refractivity (Wildman–Crippen MR) is 92.8 cm³/mol. The minimum atomic E-state index is 0.0321. The molecule has 1 saturated carbocycles. The number of fused-ring (bicyclic) bond motifs is 1. The van der Waals surface area contributed by atoms with Crippen molar-refractivity contribution >= 4 is 11.7 Å². The van der Waals surface area contributed by atoms with Gasteiger partial charge in [-0.25, -0.2) is 4.79 Å². The molecule has 2 aromatic rings. The number of urea groups is 1. The molecule has 1 aliphatic carbocycles. The minimum absolute atomic E-state index is 0.0321. The fourth-order valence-electron chi connectivity index (χ4n) is 3.72. The first kappa shape index (κ1) is 14.3. The molecule has 1 aliphatic heterocycles. The first-order valence-electron chi connectivity index (χ1n) is 8.40. The molecule has 1 heterocycles. The van der Waals surface area contributed by atoms with Crippen LogP contribution in [0.3, 0.4) is 0 Å². The van der Waals surface area contributed by atoms with Gasteiger partial charge in [-0.05, 0) is 43.4 Å². The third-order valence-corrected chi connectivity index (χ3v) is 5.24. The molecule has 4 rings (SSSR count). The third-order valence-electron chi connectivity index (χ3n) is 5.24. The number of carbonyl (C=O) groups excluding carboxylic acids is 1. The molecule has 0 aromatic heterocycles. The van der Waals surface area contributed by atoms with Gasteiger partial charge in [-0.3, -0.25) is 4.90 Å². The first-order valence-corrected chi connectivity index (χ1v) is 8.40. The molecule has 118 valence electrons. The lowest BCUT2D eigenvalue weighted by molar-refractivity contribution is 0.244. The van der Waals surface area contributed by atoms with Crippen molar-refractivity contribution in [2.45, 2.75) is 37.6 Å². The lowest BCUT2D eigenvalue weighted by Crippen LogP contribution is -2.45. The van der Waals surface area contributed by atoms with Gasteiger partial charge in [0.15, 0.2) is 0 Å². The Morgan fingerprint density at radius 2 is 1.83 bits per heavy atom. The number of para-hydroxylation sites is 1. The Bertz CT molecular complexity index is 721. The van der Waals surface area contributed by atoms with E-state index in [1.165, 1.54) is 11.1 Å². The summed E-state index contributed by atoms with van der Waals surface area (Å²) in [5.74, 6) is 0. The fraction of sp³-hybridized carbons (Fsp3) is 0.350. The van der Waals surface area contributed by atoms with E-state index in [1.54, 1.807) is 0 Å². The number of nitrogens with one attached hydrogen (secondary N) is 1. The van der Waals surface area contributed by atoms with Gasteiger partial charge in [0.25, 0.3) is 0 Å². The summed E-state index contributed by atoms with van der Waals surface area (Å²) >= 11 is 0. The number of carbonyl (C=O) groups is 1. The highest BCUT2D eigenvalue weighted by molar-refractivity contribution is 5.95. The van der Waals surface area contributed by atoms with Crippen LogP contribution in [0.5, 0.6) is 0 Å². The van der Waals surface area contributed by atoms with Gasteiger partial charge < -0.3 is 5.32 Å². The van der Waals surface area contributed by atoms with E-state index in [1.807, 2.05) is 29.2 Å². The van der Waals surface area contributed by atoms with E-state index in [0.717, 1.165) is 31.5 Å². The molecule has 0 spiro atoms. The predicted octanol–water partition coefficient (Wildman–Crippen LogP) is 3.88. The van der Waals surface area contributed by atoms with Crippen LogP contribution in [-0.4, -0.2) is 18.6 Å². The van der Waals surface area contributed by atoms with Crippen LogP contribution in [-0.2, 0) is 11.8 Å². The van der Waals surface area contributed by atoms with Crippen LogP contribution >= 0.6 is 0 Å². The van der Waals surface area contributed by atoms with Crippen LogP contribution in [0.15, 0.2) is 54.6 Å². The average Bonchev–Trinajstić information content (AvgIpc) is 3.30. The number of anilines is 1. The van der Waals surface area contributed by atoms with E-state index in [9.17, 15) is 4.79 Å². The molecule has 1 N–H and O–H groups in total. The third kappa shape index (κ3) is 2.50. The average molecular weight is 306 g/mol. The number of benzene rings is 2. The van der Waals surface area contributed by atoms with Crippen LogP contribution in [0.1, 0.15) is 30.9 Å². The maximum atomic E-state index is 12.7. The number of hydrogen-bond donors (Lipinski definition) is 1. The van der Waals surface area contributed by atoms with Crippen molar-refractivity contribution in [3.8, 4) is 0 Å². The van der Waals surface area contributed by atoms with Crippen molar-refractivity contribution in [2.24, 2.45) is 0 Å². The van der Waals surface area contributed by atoms with Gasteiger partial charge in [0.05, 0.1) is 0 Å². The Kier molecular flexibility index (Phi) is 3.37. The second kappa shape index (κ2) is 5.41. The fourth-order valence-corrected chi connectivity index (χ4v) is 3.72. The largest absolute Gasteiger partial charge is 0.337 e. The number of amides is 2. The molecule has 1 atom stereocenters. The molecule has 2 aromatic carbocycles. The molecule has 1 fully saturated rings. The van der Waals surface area contributed by atoms with Gasteiger partial charge in [-0.1, -0.05) is 48.5 Å². The maximum absolute atomic E-state index is 12.7. The first-order chi connectivity index (χ1) is 11.2. The smallest absolute Gasteiger partial charge is 0.322 e. The van der Waals surface area contributed by atoms with Crippen LogP contribution in [0.25, 0.3) is 0 Å². The van der Waals surface area contributed by atoms with E-state index in [0.29, 0.717) is 0 Å². The number of hydrogen-bond acceptors (Lipinski definition) is 1. The van der Waals surface area contributed by atoms with Crippen molar-refractivity contribution in [3.05, 3.63) is 65.7 Å². The van der Waals surface area contributed by atoms with E-state index in [4.69, 9.17) is 0 Å². The Morgan fingerprint density at radius 3 is 2.57 bits per heavy atom. The highest BCUT2D eigenvalue weighted by atomic mass is 16.2. The summed E-state index contributed by atoms with van der Waals surface area (Å²) in [6, 6.07) is 19.0. The van der Waals surface area contributed by atoms with Gasteiger partial charge in [0.1, 0.15) is 0 Å². The zero-order valence-electron chi connectivity index (χ0n) is 13.5. The highest BCUT2D eigenvalue weighted by Gasteiger charge is 2.44. The molecule has 2 aliphatic rings. The Labute approximate surface area is 137 Å². The van der Waals surface area contributed by atoms with Crippen molar-refractivity contribution < 1.29 is 4.79 Å². The summed E-state index contributed by atoms with van der Waals surface area (Å²) in [6.45, 7) is 2.84. The van der Waals surface area contributed by atoms with Crippen LogP contribution < -0.4 is 10.2 Å². The quantitative estimate of drug-likeness (QED) is 0.917. The van der Waals surface area contributed by atoms with Gasteiger partial charge in [0.2, 0.25) is 0 Å². The van der Waals surface area contributed by atoms with E-state index in [-0.39, 0.29) is 17.5 Å². The molecule has 0 saturated heterocycles. The highest BCUT2D eigenvalue weighted by Crippen LogP contribution is 2.47. The molecule has 2 amide bonds. The van der Waals surface area contributed by atoms with Crippen molar-refractivity contribution in [1.82, 2.24) is 5.32 Å². The molecular formula is C20H22N2O. The van der Waals surface area contributed by atoms with Crippen LogP contribution in [0.4, 0.5) is 10.5 Å². The normalized spacial score (nSPS) is 20.9. The van der Waals surface area contributed by atoms with Crippen LogP contribution in [0, 0.1) is 0 Å². The lowest BCUT2D eigenvalue weighted by atomic mass is 9.96. The van der Waals surface area contributed by atoms with Crippen molar-refractivity contribution in [3.63, 3.8) is 0 Å². The molecular weight excluding hydrogens is 284 g/mol. The topological polar surface area (TPSA) is 32.3 Å². The molecule has 3 nitrogen and oxygen atoms in total. The van der Waals surface area contributed by atoms with Crippen LogP contribution in [0.2, 0.25) is 0 Å². The van der Waals surface area contributed by atoms with E-state index < -0.39 is 0 Å². The van der Waals surface area contributed by atoms with E-state index >= 15 is 0 Å². The molecule has 0 radical (unpaired) electrons. The zero-order valence-corrected chi connectivity index (χ0v) is 13.5. The maximum Gasteiger partial charge on any atom is 0.322 e. The summed E-state index contributed by atoms with van der Waals surface area (Å²) in [5.41, 5.74) is 3.82. The molecule has 3 heteroatoms. The van der Waals surface area contributed by atoms with Gasteiger partial charge in [0, 0.05) is 23.7 Å². The summed E-state index contributed by atoms with van der Waals surface area (Å²) < 4.78 is 0. The van der Waals surface area contributed by atoms with Crippen molar-refractivity contribution in [2.75, 3.05) is 11.4 Å². The number of rotatable bonds is 3. The van der Waals surface area contributed by atoms with Gasteiger partial charge in [-0.15, -0.1) is 0 Å². The van der Waals surface area contributed by atoms with Crippen molar-refractivity contribution in [1.29, 1.82) is 0 Å². The number of nitrogens with zero attached hydrogens (tertiary/aromatic N) is 1. The van der Waals surface area contributed by atoms with Gasteiger partial charge in [-0.2, -0.15) is 0 Å². The SMILES string of the molecule is CC1Cc2ccccc2N1C(=O)NCC1(c2ccccc2)CC1. The zero-order chi connectivity index (χ0) is 15.9. The Hall–Kier alpha value is -2.29. The molecule has 1 unspecified atom stereocenters. The monoisotopic (exact) mass is 306 g/mol. The standard InChI is InChI=1S/C20H22N2O/c1-15-13-16-7-5-6-10-18(16)22(15)19(23)21-14-20(11-12-20)17-8-3-2-4-9-17/h2-10,15H,11-14H2,1H3,(H,21,23). The Balaban J connectivity index is 1.47. The van der Waals surface area contributed by atoms with Gasteiger partial charge >= 0.3 is 6.03 Å². The lowest BCUT2D eigenvalue weighted by Gasteiger charge is -2.25. The summed E-state index contributed by atoms with van der Waals surface area (Å²) in [6.07, 6.45) is 3.25. The summed E-state index contributed by atoms with van der Waals surface area (Å²) in [4.78, 5) is 14.7. The minimum Gasteiger partial charge on any atom is -0.337 e. The second-order valence-electron chi connectivity index (χ2n) is 6.86. The Morgan fingerprint density at radius 1 is 1.13 bits per heavy atom. The molecule has 23 heavy (non-hydrogen) atoms.